The first-order valence-electron chi connectivity index (χ1n) is 9.44. The third kappa shape index (κ3) is 1.91. The summed E-state index contributed by atoms with van der Waals surface area (Å²) in [6.45, 7) is 2.24. The lowest BCUT2D eigenvalue weighted by atomic mass is 9.80. The SMILES string of the molecule is CC1(c2cn(C3=NNC4C5CCCCC5n5c(cnc5Cl)N34)nn2)CC1. The Kier molecular flexibility index (Phi) is 2.89. The van der Waals surface area contributed by atoms with E-state index in [1.54, 1.807) is 4.68 Å². The smallest absolute Gasteiger partial charge is 0.252 e. The van der Waals surface area contributed by atoms with Crippen LogP contribution in [0.2, 0.25) is 5.28 Å². The van der Waals surface area contributed by atoms with Gasteiger partial charge in [-0.3, -0.25) is 14.9 Å². The number of rotatable bonds is 1. The van der Waals surface area contributed by atoms with E-state index >= 15 is 0 Å². The zero-order valence-corrected chi connectivity index (χ0v) is 15.4. The van der Waals surface area contributed by atoms with Gasteiger partial charge in [0.05, 0.1) is 18.1 Å². The molecule has 4 heterocycles. The molecular weight excluding hydrogens is 352 g/mol. The number of imidazole rings is 1. The molecule has 1 N–H and O–H groups in total. The van der Waals surface area contributed by atoms with Gasteiger partial charge in [-0.05, 0) is 37.3 Å². The molecule has 0 bridgehead atoms. The average Bonchev–Trinajstić information content (AvgIpc) is 3.06. The summed E-state index contributed by atoms with van der Waals surface area (Å²) in [6.07, 6.45) is 11.1. The fourth-order valence-electron chi connectivity index (χ4n) is 4.78. The molecule has 2 fully saturated rings. The van der Waals surface area contributed by atoms with E-state index in [0.29, 0.717) is 17.2 Å². The monoisotopic (exact) mass is 372 g/mol. The predicted molar refractivity (Wildman–Crippen MR) is 97.1 cm³/mol. The summed E-state index contributed by atoms with van der Waals surface area (Å²) in [5.41, 5.74) is 4.59. The molecule has 3 atom stereocenters. The first-order valence-corrected chi connectivity index (χ1v) is 9.82. The third-order valence-electron chi connectivity index (χ3n) is 6.60. The number of nitrogens with one attached hydrogen (secondary N) is 1. The van der Waals surface area contributed by atoms with Crippen molar-refractivity contribution in [2.45, 2.75) is 63.1 Å². The van der Waals surface area contributed by atoms with Gasteiger partial charge in [0.15, 0.2) is 0 Å². The molecule has 2 aromatic heterocycles. The van der Waals surface area contributed by atoms with Gasteiger partial charge in [-0.1, -0.05) is 25.0 Å². The minimum Gasteiger partial charge on any atom is -0.298 e. The van der Waals surface area contributed by atoms with Gasteiger partial charge in [-0.2, -0.15) is 4.68 Å². The molecule has 6 rings (SSSR count). The van der Waals surface area contributed by atoms with Crippen LogP contribution in [0.15, 0.2) is 17.5 Å². The van der Waals surface area contributed by atoms with E-state index in [1.165, 1.54) is 25.7 Å². The minimum atomic E-state index is 0.125. The maximum Gasteiger partial charge on any atom is 0.252 e. The summed E-state index contributed by atoms with van der Waals surface area (Å²) < 4.78 is 3.98. The number of hydrogen-bond donors (Lipinski definition) is 1. The Bertz CT molecular complexity index is 910. The lowest BCUT2D eigenvalue weighted by molar-refractivity contribution is 0.176. The fourth-order valence-corrected chi connectivity index (χ4v) is 5.04. The second-order valence-corrected chi connectivity index (χ2v) is 8.57. The van der Waals surface area contributed by atoms with Crippen molar-refractivity contribution >= 4 is 23.4 Å². The van der Waals surface area contributed by atoms with Gasteiger partial charge in [0.2, 0.25) is 5.28 Å². The third-order valence-corrected chi connectivity index (χ3v) is 6.88. The summed E-state index contributed by atoms with van der Waals surface area (Å²) in [4.78, 5) is 6.58. The molecule has 0 amide bonds. The van der Waals surface area contributed by atoms with Crippen LogP contribution >= 0.6 is 11.6 Å². The normalized spacial score (nSPS) is 30.9. The van der Waals surface area contributed by atoms with E-state index < -0.39 is 0 Å². The largest absolute Gasteiger partial charge is 0.298 e. The molecule has 26 heavy (non-hydrogen) atoms. The molecule has 0 radical (unpaired) electrons. The van der Waals surface area contributed by atoms with Crippen molar-refractivity contribution < 1.29 is 0 Å². The highest BCUT2D eigenvalue weighted by molar-refractivity contribution is 6.28. The van der Waals surface area contributed by atoms with Crippen LogP contribution in [-0.4, -0.2) is 36.7 Å². The molecule has 0 saturated heterocycles. The number of fused-ring (bicyclic) bond motifs is 6. The van der Waals surface area contributed by atoms with Crippen LogP contribution in [0, 0.1) is 5.92 Å². The van der Waals surface area contributed by atoms with E-state index in [4.69, 9.17) is 11.6 Å². The second-order valence-electron chi connectivity index (χ2n) is 8.24. The molecule has 4 aliphatic rings. The summed E-state index contributed by atoms with van der Waals surface area (Å²) in [6, 6.07) is 0.383. The maximum absolute atomic E-state index is 6.46. The van der Waals surface area contributed by atoms with Crippen LogP contribution < -0.4 is 10.3 Å². The molecule has 136 valence electrons. The Morgan fingerprint density at radius 3 is 2.96 bits per heavy atom. The van der Waals surface area contributed by atoms with E-state index in [1.807, 2.05) is 12.4 Å². The lowest BCUT2D eigenvalue weighted by Gasteiger charge is -2.45. The Morgan fingerprint density at radius 1 is 1.27 bits per heavy atom. The van der Waals surface area contributed by atoms with Crippen LogP contribution in [0.25, 0.3) is 0 Å². The Morgan fingerprint density at radius 2 is 2.12 bits per heavy atom. The summed E-state index contributed by atoms with van der Waals surface area (Å²) >= 11 is 6.46. The molecule has 0 aromatic carbocycles. The van der Waals surface area contributed by atoms with Crippen molar-refractivity contribution in [3.05, 3.63) is 23.4 Å². The number of halogens is 1. The van der Waals surface area contributed by atoms with Gasteiger partial charge >= 0.3 is 0 Å². The highest BCUT2D eigenvalue weighted by atomic mass is 35.5. The van der Waals surface area contributed by atoms with Gasteiger partial charge in [0.25, 0.3) is 5.96 Å². The van der Waals surface area contributed by atoms with Crippen molar-refractivity contribution in [2.75, 3.05) is 4.90 Å². The van der Waals surface area contributed by atoms with Crippen LogP contribution in [-0.2, 0) is 5.41 Å². The topological polar surface area (TPSA) is 76.2 Å². The molecule has 0 spiro atoms. The number of anilines is 1. The maximum atomic E-state index is 6.46. The molecule has 3 unspecified atom stereocenters. The number of nitrogens with zero attached hydrogens (tertiary/aromatic N) is 7. The van der Waals surface area contributed by atoms with Crippen LogP contribution in [0.4, 0.5) is 5.82 Å². The Balaban J connectivity index is 1.43. The van der Waals surface area contributed by atoms with Gasteiger partial charge < -0.3 is 0 Å². The van der Waals surface area contributed by atoms with Crippen molar-refractivity contribution in [3.8, 4) is 0 Å². The highest BCUT2D eigenvalue weighted by Gasteiger charge is 2.48. The van der Waals surface area contributed by atoms with Crippen molar-refractivity contribution in [1.29, 1.82) is 0 Å². The predicted octanol–water partition coefficient (Wildman–Crippen LogP) is 2.48. The molecule has 8 nitrogen and oxygen atoms in total. The van der Waals surface area contributed by atoms with E-state index in [0.717, 1.165) is 30.3 Å². The molecule has 2 aromatic rings. The quantitative estimate of drug-likeness (QED) is 0.832. The lowest BCUT2D eigenvalue weighted by Crippen LogP contribution is -2.54. The molecule has 2 aliphatic heterocycles. The molecule has 2 aliphatic carbocycles. The molecule has 9 heteroatoms. The second kappa shape index (κ2) is 5.00. The Hall–Kier alpha value is -2.09. The zero-order valence-electron chi connectivity index (χ0n) is 14.6. The van der Waals surface area contributed by atoms with Crippen molar-refractivity contribution in [3.63, 3.8) is 0 Å². The van der Waals surface area contributed by atoms with E-state index in [-0.39, 0.29) is 11.6 Å². The molecule has 2 saturated carbocycles. The first kappa shape index (κ1) is 15.0. The summed E-state index contributed by atoms with van der Waals surface area (Å²) in [7, 11) is 0. The van der Waals surface area contributed by atoms with Crippen LogP contribution in [0.3, 0.4) is 0 Å². The van der Waals surface area contributed by atoms with Gasteiger partial charge in [-0.15, -0.1) is 10.2 Å². The Labute approximate surface area is 156 Å². The van der Waals surface area contributed by atoms with Crippen LogP contribution in [0.1, 0.15) is 57.2 Å². The molecular formula is C17H21ClN8. The highest BCUT2D eigenvalue weighted by Crippen LogP contribution is 2.48. The van der Waals surface area contributed by atoms with Crippen molar-refractivity contribution in [1.82, 2.24) is 30.0 Å². The van der Waals surface area contributed by atoms with Gasteiger partial charge in [0.1, 0.15) is 12.0 Å². The standard InChI is InChI=1S/C17H21ClN8/c1-17(6-7-17)12-9-24(23-20-12)16-22-21-14-10-4-2-3-5-11(10)25-13(26(14)16)8-19-15(25)18/h8-11,14,21H,2-7H2,1H3. The number of hydrazone groups is 1. The van der Waals surface area contributed by atoms with Gasteiger partial charge in [0, 0.05) is 17.4 Å². The van der Waals surface area contributed by atoms with Crippen LogP contribution in [0.5, 0.6) is 0 Å². The first-order chi connectivity index (χ1) is 12.7. The summed E-state index contributed by atoms with van der Waals surface area (Å²) in [5, 5.41) is 14.0. The van der Waals surface area contributed by atoms with Gasteiger partial charge in [-0.25, -0.2) is 4.98 Å². The summed E-state index contributed by atoms with van der Waals surface area (Å²) in [5.74, 6) is 2.19. The number of hydrogen-bond acceptors (Lipinski definition) is 6. The minimum absolute atomic E-state index is 0.125. The number of aromatic nitrogens is 5. The fraction of sp³-hybridized carbons (Fsp3) is 0.647. The van der Waals surface area contributed by atoms with Crippen molar-refractivity contribution in [2.24, 2.45) is 11.0 Å². The average molecular weight is 373 g/mol. The van der Waals surface area contributed by atoms with E-state index in [2.05, 4.69) is 42.2 Å². The van der Waals surface area contributed by atoms with E-state index in [9.17, 15) is 0 Å². The zero-order chi connectivity index (χ0) is 17.5.